The van der Waals surface area contributed by atoms with Crippen molar-refractivity contribution in [1.82, 2.24) is 0 Å². The van der Waals surface area contributed by atoms with Crippen LogP contribution in [0.5, 0.6) is 0 Å². The highest BCUT2D eigenvalue weighted by Crippen LogP contribution is 2.44. The van der Waals surface area contributed by atoms with E-state index in [2.05, 4.69) is 20.8 Å². The van der Waals surface area contributed by atoms with Crippen LogP contribution in [0.4, 0.5) is 0 Å². The molecule has 0 aliphatic heterocycles. The molecule has 0 spiro atoms. The highest BCUT2D eigenvalue weighted by molar-refractivity contribution is 4.87. The van der Waals surface area contributed by atoms with E-state index < -0.39 is 0 Å². The molecule has 0 aromatic heterocycles. The molecular formula is C15H31N. The third kappa shape index (κ3) is 3.48. The molecular weight excluding hydrogens is 194 g/mol. The molecule has 1 saturated carbocycles. The summed E-state index contributed by atoms with van der Waals surface area (Å²) in [6.45, 7) is 7.91. The molecule has 1 nitrogen and oxygen atoms in total. The molecule has 0 radical (unpaired) electrons. The maximum absolute atomic E-state index is 6.08. The lowest BCUT2D eigenvalue weighted by Crippen LogP contribution is -2.36. The molecule has 1 heteroatoms. The highest BCUT2D eigenvalue weighted by Gasteiger charge is 2.34. The van der Waals surface area contributed by atoms with Gasteiger partial charge in [-0.05, 0) is 55.9 Å². The van der Waals surface area contributed by atoms with E-state index in [1.54, 1.807) is 0 Å². The van der Waals surface area contributed by atoms with Crippen LogP contribution >= 0.6 is 0 Å². The van der Waals surface area contributed by atoms with E-state index in [0.29, 0.717) is 5.41 Å². The van der Waals surface area contributed by atoms with Crippen LogP contribution in [0.2, 0.25) is 0 Å². The summed E-state index contributed by atoms with van der Waals surface area (Å²) in [7, 11) is 0. The molecule has 0 aromatic carbocycles. The molecule has 0 heterocycles. The number of hydrogen-bond acceptors (Lipinski definition) is 1. The maximum Gasteiger partial charge on any atom is -0.00204 e. The Morgan fingerprint density at radius 2 is 1.69 bits per heavy atom. The van der Waals surface area contributed by atoms with E-state index >= 15 is 0 Å². The van der Waals surface area contributed by atoms with Crippen molar-refractivity contribution in [1.29, 1.82) is 0 Å². The second-order valence-corrected chi connectivity index (χ2v) is 5.94. The first-order chi connectivity index (χ1) is 7.69. The zero-order valence-corrected chi connectivity index (χ0v) is 11.6. The molecule has 1 rings (SSSR count). The van der Waals surface area contributed by atoms with Gasteiger partial charge in [0.1, 0.15) is 0 Å². The maximum atomic E-state index is 6.08. The summed E-state index contributed by atoms with van der Waals surface area (Å²) in [5, 5.41) is 0. The van der Waals surface area contributed by atoms with E-state index in [-0.39, 0.29) is 0 Å². The minimum absolute atomic E-state index is 0.502. The molecule has 16 heavy (non-hydrogen) atoms. The van der Waals surface area contributed by atoms with E-state index in [1.165, 1.54) is 51.4 Å². The van der Waals surface area contributed by atoms with Crippen LogP contribution in [0.3, 0.4) is 0 Å². The molecule has 0 saturated heterocycles. The number of nitrogens with two attached hydrogens (primary N) is 1. The molecule has 0 unspecified atom stereocenters. The highest BCUT2D eigenvalue weighted by atomic mass is 14.6. The molecule has 2 N–H and O–H groups in total. The van der Waals surface area contributed by atoms with Crippen LogP contribution in [-0.4, -0.2) is 6.54 Å². The second-order valence-electron chi connectivity index (χ2n) is 5.94. The summed E-state index contributed by atoms with van der Waals surface area (Å²) in [5.41, 5.74) is 6.59. The lowest BCUT2D eigenvalue weighted by atomic mass is 9.65. The molecule has 1 aliphatic rings. The first kappa shape index (κ1) is 14.0. The van der Waals surface area contributed by atoms with Gasteiger partial charge in [-0.25, -0.2) is 0 Å². The average Bonchev–Trinajstić information content (AvgIpc) is 2.36. The Hall–Kier alpha value is -0.0400. The van der Waals surface area contributed by atoms with Gasteiger partial charge in [-0.3, -0.25) is 0 Å². The van der Waals surface area contributed by atoms with Crippen LogP contribution in [-0.2, 0) is 0 Å². The summed E-state index contributed by atoms with van der Waals surface area (Å²) in [4.78, 5) is 0. The first-order valence-electron chi connectivity index (χ1n) is 7.39. The van der Waals surface area contributed by atoms with Crippen LogP contribution < -0.4 is 5.73 Å². The van der Waals surface area contributed by atoms with Gasteiger partial charge < -0.3 is 5.73 Å². The quantitative estimate of drug-likeness (QED) is 0.714. The van der Waals surface area contributed by atoms with E-state index in [9.17, 15) is 0 Å². The van der Waals surface area contributed by atoms with Gasteiger partial charge in [0.2, 0.25) is 0 Å². The van der Waals surface area contributed by atoms with Gasteiger partial charge in [-0.1, -0.05) is 40.0 Å². The molecule has 0 aromatic rings. The van der Waals surface area contributed by atoms with Crippen molar-refractivity contribution in [2.24, 2.45) is 23.0 Å². The topological polar surface area (TPSA) is 26.0 Å². The van der Waals surface area contributed by atoms with Crippen molar-refractivity contribution in [3.8, 4) is 0 Å². The Morgan fingerprint density at radius 3 is 2.06 bits per heavy atom. The molecule has 0 amide bonds. The lowest BCUT2D eigenvalue weighted by Gasteiger charge is -2.41. The first-order valence-corrected chi connectivity index (χ1v) is 7.39. The van der Waals surface area contributed by atoms with Crippen LogP contribution in [0.15, 0.2) is 0 Å². The normalized spacial score (nSPS) is 30.9. The van der Waals surface area contributed by atoms with Crippen molar-refractivity contribution < 1.29 is 0 Å². The van der Waals surface area contributed by atoms with E-state index in [4.69, 9.17) is 5.73 Å². The predicted molar refractivity (Wildman–Crippen MR) is 72.4 cm³/mol. The van der Waals surface area contributed by atoms with Crippen LogP contribution in [0.1, 0.15) is 72.1 Å². The fourth-order valence-corrected chi connectivity index (χ4v) is 3.38. The van der Waals surface area contributed by atoms with Crippen molar-refractivity contribution in [3.05, 3.63) is 0 Å². The Bertz CT molecular complexity index is 176. The molecule has 1 aliphatic carbocycles. The standard InChI is InChI=1S/C15H31N/c1-4-13(5-2)11-15(12-16)9-7-14(6-3)8-10-15/h13-14H,4-12,16H2,1-3H3. The predicted octanol–water partition coefficient (Wildman–Crippen LogP) is 4.36. The van der Waals surface area contributed by atoms with Gasteiger partial charge in [0, 0.05) is 0 Å². The summed E-state index contributed by atoms with van der Waals surface area (Å²) in [6, 6.07) is 0. The summed E-state index contributed by atoms with van der Waals surface area (Å²) >= 11 is 0. The van der Waals surface area contributed by atoms with E-state index in [0.717, 1.165) is 18.4 Å². The minimum Gasteiger partial charge on any atom is -0.330 e. The van der Waals surface area contributed by atoms with Crippen LogP contribution in [0, 0.1) is 17.3 Å². The third-order valence-corrected chi connectivity index (χ3v) is 5.05. The van der Waals surface area contributed by atoms with Gasteiger partial charge >= 0.3 is 0 Å². The fourth-order valence-electron chi connectivity index (χ4n) is 3.38. The van der Waals surface area contributed by atoms with Gasteiger partial charge in [-0.2, -0.15) is 0 Å². The SMILES string of the molecule is CCC1CCC(CN)(CC(CC)CC)CC1. The minimum atomic E-state index is 0.502. The van der Waals surface area contributed by atoms with Crippen molar-refractivity contribution >= 4 is 0 Å². The number of rotatable bonds is 6. The van der Waals surface area contributed by atoms with E-state index in [1.807, 2.05) is 0 Å². The third-order valence-electron chi connectivity index (χ3n) is 5.05. The van der Waals surface area contributed by atoms with Crippen molar-refractivity contribution in [2.75, 3.05) is 6.54 Å². The molecule has 96 valence electrons. The average molecular weight is 225 g/mol. The van der Waals surface area contributed by atoms with Crippen molar-refractivity contribution in [2.45, 2.75) is 72.1 Å². The Labute approximate surface area is 102 Å². The monoisotopic (exact) mass is 225 g/mol. The molecule has 0 bridgehead atoms. The van der Waals surface area contributed by atoms with Crippen molar-refractivity contribution in [3.63, 3.8) is 0 Å². The molecule has 0 atom stereocenters. The van der Waals surface area contributed by atoms with Gasteiger partial charge in [0.05, 0.1) is 0 Å². The largest absolute Gasteiger partial charge is 0.330 e. The Morgan fingerprint density at radius 1 is 1.12 bits per heavy atom. The smallest absolute Gasteiger partial charge is 0.00204 e. The van der Waals surface area contributed by atoms with Gasteiger partial charge in [0.15, 0.2) is 0 Å². The number of hydrogen-bond donors (Lipinski definition) is 1. The summed E-state index contributed by atoms with van der Waals surface area (Å²) in [6.07, 6.45) is 11.0. The Balaban J connectivity index is 2.51. The van der Waals surface area contributed by atoms with Gasteiger partial charge in [0.25, 0.3) is 0 Å². The van der Waals surface area contributed by atoms with Gasteiger partial charge in [-0.15, -0.1) is 0 Å². The zero-order chi connectivity index (χ0) is 12.0. The summed E-state index contributed by atoms with van der Waals surface area (Å²) in [5.74, 6) is 1.89. The lowest BCUT2D eigenvalue weighted by molar-refractivity contribution is 0.116. The van der Waals surface area contributed by atoms with Crippen LogP contribution in [0.25, 0.3) is 0 Å². The second kappa shape index (κ2) is 6.64. The fraction of sp³-hybridized carbons (Fsp3) is 1.00. The zero-order valence-electron chi connectivity index (χ0n) is 11.6. The summed E-state index contributed by atoms with van der Waals surface area (Å²) < 4.78 is 0. The Kier molecular flexibility index (Phi) is 5.82. The molecule has 1 fully saturated rings.